The lowest BCUT2D eigenvalue weighted by Gasteiger charge is -2.20. The van der Waals surface area contributed by atoms with Crippen molar-refractivity contribution >= 4 is 5.97 Å². The molecule has 0 aliphatic rings. The van der Waals surface area contributed by atoms with Crippen LogP contribution in [0, 0.1) is 11.7 Å². The van der Waals surface area contributed by atoms with E-state index in [0.29, 0.717) is 12.0 Å². The molecule has 0 aliphatic carbocycles. The van der Waals surface area contributed by atoms with Gasteiger partial charge in [-0.05, 0) is 31.0 Å². The lowest BCUT2D eigenvalue weighted by Crippen LogP contribution is -2.24. The van der Waals surface area contributed by atoms with Crippen LogP contribution in [0.4, 0.5) is 4.39 Å². The van der Waals surface area contributed by atoms with Crippen molar-refractivity contribution in [3.63, 3.8) is 0 Å². The van der Waals surface area contributed by atoms with Gasteiger partial charge in [-0.2, -0.15) is 0 Å². The van der Waals surface area contributed by atoms with E-state index in [1.165, 1.54) is 25.3 Å². The molecule has 1 aromatic carbocycles. The summed E-state index contributed by atoms with van der Waals surface area (Å²) in [5.74, 6) is -1.65. The Bertz CT molecular complexity index is 433. The van der Waals surface area contributed by atoms with Gasteiger partial charge in [-0.25, -0.2) is 4.39 Å². The van der Waals surface area contributed by atoms with Crippen molar-refractivity contribution in [3.8, 4) is 5.75 Å². The van der Waals surface area contributed by atoms with E-state index in [4.69, 9.17) is 9.47 Å². The molecule has 0 amide bonds. The first-order chi connectivity index (χ1) is 9.04. The summed E-state index contributed by atoms with van der Waals surface area (Å²) in [6.45, 7) is 3.72. The normalized spacial score (nSPS) is 13.7. The van der Waals surface area contributed by atoms with Gasteiger partial charge < -0.3 is 14.6 Å². The molecule has 0 fully saturated rings. The molecule has 0 heterocycles. The predicted octanol–water partition coefficient (Wildman–Crippen LogP) is 2.46. The third-order valence-electron chi connectivity index (χ3n) is 2.93. The van der Waals surface area contributed by atoms with Gasteiger partial charge in [0.2, 0.25) is 0 Å². The Kier molecular flexibility index (Phi) is 5.76. The molecule has 0 aliphatic heterocycles. The van der Waals surface area contributed by atoms with Crippen molar-refractivity contribution in [2.75, 3.05) is 13.7 Å². The molecule has 0 radical (unpaired) electrons. The van der Waals surface area contributed by atoms with E-state index in [1.807, 2.05) is 0 Å². The highest BCUT2D eigenvalue weighted by Crippen LogP contribution is 2.28. The molecule has 4 nitrogen and oxygen atoms in total. The monoisotopic (exact) mass is 270 g/mol. The summed E-state index contributed by atoms with van der Waals surface area (Å²) < 4.78 is 23.3. The van der Waals surface area contributed by atoms with Crippen LogP contribution in [0.15, 0.2) is 18.2 Å². The minimum Gasteiger partial charge on any atom is -0.494 e. The summed E-state index contributed by atoms with van der Waals surface area (Å²) >= 11 is 0. The van der Waals surface area contributed by atoms with Crippen LogP contribution in [0.1, 0.15) is 31.9 Å². The molecule has 1 N–H and O–H groups in total. The molecule has 2 atom stereocenters. The number of aliphatic hydroxyl groups excluding tert-OH is 1. The van der Waals surface area contributed by atoms with E-state index in [9.17, 15) is 14.3 Å². The number of esters is 1. The zero-order valence-electron chi connectivity index (χ0n) is 11.4. The van der Waals surface area contributed by atoms with Crippen LogP contribution < -0.4 is 4.74 Å². The molecule has 106 valence electrons. The lowest BCUT2D eigenvalue weighted by atomic mass is 9.93. The molecule has 0 bridgehead atoms. The van der Waals surface area contributed by atoms with Gasteiger partial charge in [0.05, 0.1) is 25.7 Å². The SMILES string of the molecule is CCOC(=O)C(CC)C(O)c1ccc(OC)c(F)c1. The van der Waals surface area contributed by atoms with Gasteiger partial charge in [-0.3, -0.25) is 4.79 Å². The fourth-order valence-electron chi connectivity index (χ4n) is 1.87. The van der Waals surface area contributed by atoms with Crippen LogP contribution in [0.2, 0.25) is 0 Å². The van der Waals surface area contributed by atoms with Gasteiger partial charge in [0.15, 0.2) is 11.6 Å². The molecule has 2 unspecified atom stereocenters. The molecular formula is C14H19FO4. The molecule has 0 saturated heterocycles. The Hall–Kier alpha value is -1.62. The van der Waals surface area contributed by atoms with E-state index < -0.39 is 23.8 Å². The van der Waals surface area contributed by atoms with Crippen LogP contribution >= 0.6 is 0 Å². The Morgan fingerprint density at radius 1 is 1.42 bits per heavy atom. The lowest BCUT2D eigenvalue weighted by molar-refractivity contribution is -0.152. The quantitative estimate of drug-likeness (QED) is 0.807. The molecule has 19 heavy (non-hydrogen) atoms. The van der Waals surface area contributed by atoms with Crippen molar-refractivity contribution in [3.05, 3.63) is 29.6 Å². The van der Waals surface area contributed by atoms with Gasteiger partial charge >= 0.3 is 5.97 Å². The van der Waals surface area contributed by atoms with Crippen molar-refractivity contribution in [2.24, 2.45) is 5.92 Å². The first-order valence-corrected chi connectivity index (χ1v) is 6.23. The summed E-state index contributed by atoms with van der Waals surface area (Å²) in [5.41, 5.74) is 0.332. The first-order valence-electron chi connectivity index (χ1n) is 6.23. The van der Waals surface area contributed by atoms with Crippen molar-refractivity contribution in [1.29, 1.82) is 0 Å². The predicted molar refractivity (Wildman–Crippen MR) is 68.3 cm³/mol. The zero-order chi connectivity index (χ0) is 14.4. The second-order valence-corrected chi connectivity index (χ2v) is 4.11. The highest BCUT2D eigenvalue weighted by atomic mass is 19.1. The number of halogens is 1. The number of aliphatic hydroxyl groups is 1. The number of methoxy groups -OCH3 is 1. The number of hydrogen-bond donors (Lipinski definition) is 1. The third-order valence-corrected chi connectivity index (χ3v) is 2.93. The van der Waals surface area contributed by atoms with Crippen LogP contribution in [0.25, 0.3) is 0 Å². The minimum absolute atomic E-state index is 0.0973. The van der Waals surface area contributed by atoms with Gasteiger partial charge in [0.25, 0.3) is 0 Å². The number of rotatable bonds is 6. The number of carbonyl (C=O) groups excluding carboxylic acids is 1. The molecule has 1 aromatic rings. The summed E-state index contributed by atoms with van der Waals surface area (Å²) in [6, 6.07) is 4.13. The molecule has 0 saturated carbocycles. The smallest absolute Gasteiger partial charge is 0.311 e. The topological polar surface area (TPSA) is 55.8 Å². The Labute approximate surface area is 112 Å². The standard InChI is InChI=1S/C14H19FO4/c1-4-10(14(17)19-5-2)13(16)9-6-7-12(18-3)11(15)8-9/h6-8,10,13,16H,4-5H2,1-3H3. The Balaban J connectivity index is 2.94. The van der Waals surface area contributed by atoms with Crippen LogP contribution in [-0.2, 0) is 9.53 Å². The second-order valence-electron chi connectivity index (χ2n) is 4.11. The molecule has 0 aromatic heterocycles. The van der Waals surface area contributed by atoms with E-state index in [0.717, 1.165) is 0 Å². The highest BCUT2D eigenvalue weighted by molar-refractivity contribution is 5.73. The average molecular weight is 270 g/mol. The number of benzene rings is 1. The summed E-state index contributed by atoms with van der Waals surface area (Å²) in [5, 5.41) is 10.2. The molecule has 1 rings (SSSR count). The highest BCUT2D eigenvalue weighted by Gasteiger charge is 2.28. The van der Waals surface area contributed by atoms with E-state index in [-0.39, 0.29) is 12.4 Å². The van der Waals surface area contributed by atoms with Gasteiger partial charge in [0, 0.05) is 0 Å². The van der Waals surface area contributed by atoms with Gasteiger partial charge in [0.1, 0.15) is 0 Å². The Morgan fingerprint density at radius 2 is 2.11 bits per heavy atom. The third kappa shape index (κ3) is 3.67. The number of ether oxygens (including phenoxy) is 2. The fraction of sp³-hybridized carbons (Fsp3) is 0.500. The minimum atomic E-state index is -1.09. The maximum absolute atomic E-state index is 13.6. The van der Waals surface area contributed by atoms with Crippen molar-refractivity contribution in [1.82, 2.24) is 0 Å². The fourth-order valence-corrected chi connectivity index (χ4v) is 1.87. The largest absolute Gasteiger partial charge is 0.494 e. The molecular weight excluding hydrogens is 251 g/mol. The number of carbonyl (C=O) groups is 1. The zero-order valence-corrected chi connectivity index (χ0v) is 11.4. The average Bonchev–Trinajstić information content (AvgIpc) is 2.39. The van der Waals surface area contributed by atoms with Crippen LogP contribution in [0.5, 0.6) is 5.75 Å². The summed E-state index contributed by atoms with van der Waals surface area (Å²) in [4.78, 5) is 11.7. The van der Waals surface area contributed by atoms with E-state index in [2.05, 4.69) is 0 Å². The second kappa shape index (κ2) is 7.09. The van der Waals surface area contributed by atoms with E-state index in [1.54, 1.807) is 13.8 Å². The first kappa shape index (κ1) is 15.4. The number of hydrogen-bond acceptors (Lipinski definition) is 4. The van der Waals surface area contributed by atoms with Gasteiger partial charge in [-0.15, -0.1) is 0 Å². The Morgan fingerprint density at radius 3 is 2.58 bits per heavy atom. The van der Waals surface area contributed by atoms with Gasteiger partial charge in [-0.1, -0.05) is 13.0 Å². The molecule has 5 heteroatoms. The van der Waals surface area contributed by atoms with Crippen molar-refractivity contribution in [2.45, 2.75) is 26.4 Å². The summed E-state index contributed by atoms with van der Waals surface area (Å²) in [6.07, 6.45) is -0.683. The molecule has 0 spiro atoms. The van der Waals surface area contributed by atoms with Crippen molar-refractivity contribution < 1.29 is 23.8 Å². The summed E-state index contributed by atoms with van der Waals surface area (Å²) in [7, 11) is 1.36. The van der Waals surface area contributed by atoms with Crippen LogP contribution in [0.3, 0.4) is 0 Å². The maximum Gasteiger partial charge on any atom is 0.311 e. The van der Waals surface area contributed by atoms with Crippen LogP contribution in [-0.4, -0.2) is 24.8 Å². The van der Waals surface area contributed by atoms with E-state index >= 15 is 0 Å². The maximum atomic E-state index is 13.6.